The molecular weight excluding hydrogens is 214 g/mol. The molecule has 0 amide bonds. The highest BCUT2D eigenvalue weighted by atomic mass is 16.5. The van der Waals surface area contributed by atoms with Gasteiger partial charge in [-0.3, -0.25) is 0 Å². The topological polar surface area (TPSA) is 44.5 Å². The lowest BCUT2D eigenvalue weighted by molar-refractivity contribution is 0.0903. The molecule has 2 N–H and O–H groups in total. The molecule has 3 heteroatoms. The van der Waals surface area contributed by atoms with Crippen LogP contribution in [0.1, 0.15) is 37.8 Å². The standard InChI is InChI=1S/C14H21NO2/c1-11(15)12-4-6-14(7-5-12)17-10-8-13-3-2-9-16-13/h4-7,11,13H,2-3,8-10,15H2,1H3/t11-,13?/m0/s1. The van der Waals surface area contributed by atoms with Gasteiger partial charge in [-0.15, -0.1) is 0 Å². The van der Waals surface area contributed by atoms with E-state index >= 15 is 0 Å². The molecule has 3 nitrogen and oxygen atoms in total. The summed E-state index contributed by atoms with van der Waals surface area (Å²) in [5.41, 5.74) is 6.92. The van der Waals surface area contributed by atoms with E-state index in [1.54, 1.807) is 0 Å². The Morgan fingerprint density at radius 2 is 2.18 bits per heavy atom. The maximum absolute atomic E-state index is 5.79. The van der Waals surface area contributed by atoms with Gasteiger partial charge in [0.2, 0.25) is 0 Å². The number of hydrogen-bond acceptors (Lipinski definition) is 3. The minimum atomic E-state index is 0.0796. The van der Waals surface area contributed by atoms with Gasteiger partial charge < -0.3 is 15.2 Å². The predicted molar refractivity (Wildman–Crippen MR) is 68.1 cm³/mol. The Morgan fingerprint density at radius 1 is 1.41 bits per heavy atom. The SMILES string of the molecule is C[C@H](N)c1ccc(OCCC2CCCO2)cc1. The Bertz CT molecular complexity index is 329. The van der Waals surface area contributed by atoms with Crippen molar-refractivity contribution >= 4 is 0 Å². The predicted octanol–water partition coefficient (Wildman–Crippen LogP) is 2.65. The fraction of sp³-hybridized carbons (Fsp3) is 0.571. The van der Waals surface area contributed by atoms with Gasteiger partial charge in [-0.1, -0.05) is 12.1 Å². The molecule has 1 heterocycles. The van der Waals surface area contributed by atoms with Gasteiger partial charge in [-0.05, 0) is 37.5 Å². The van der Waals surface area contributed by atoms with Crippen LogP contribution in [0, 0.1) is 0 Å². The van der Waals surface area contributed by atoms with Gasteiger partial charge in [0.05, 0.1) is 12.7 Å². The van der Waals surface area contributed by atoms with E-state index in [2.05, 4.69) is 0 Å². The zero-order chi connectivity index (χ0) is 12.1. The second-order valence-electron chi connectivity index (χ2n) is 4.63. The van der Waals surface area contributed by atoms with E-state index < -0.39 is 0 Å². The van der Waals surface area contributed by atoms with E-state index in [9.17, 15) is 0 Å². The Hall–Kier alpha value is -1.06. The minimum Gasteiger partial charge on any atom is -0.493 e. The molecule has 1 fully saturated rings. The Morgan fingerprint density at radius 3 is 2.76 bits per heavy atom. The first-order valence-electron chi connectivity index (χ1n) is 6.35. The van der Waals surface area contributed by atoms with Crippen molar-refractivity contribution < 1.29 is 9.47 Å². The summed E-state index contributed by atoms with van der Waals surface area (Å²) in [5, 5.41) is 0. The van der Waals surface area contributed by atoms with Gasteiger partial charge in [0.15, 0.2) is 0 Å². The number of nitrogens with two attached hydrogens (primary N) is 1. The molecule has 2 rings (SSSR count). The molecule has 2 atom stereocenters. The lowest BCUT2D eigenvalue weighted by Gasteiger charge is -2.11. The molecule has 17 heavy (non-hydrogen) atoms. The van der Waals surface area contributed by atoms with Crippen molar-refractivity contribution in [1.29, 1.82) is 0 Å². The summed E-state index contributed by atoms with van der Waals surface area (Å²) in [6.07, 6.45) is 3.74. The number of rotatable bonds is 5. The van der Waals surface area contributed by atoms with E-state index in [4.69, 9.17) is 15.2 Å². The Balaban J connectivity index is 1.74. The van der Waals surface area contributed by atoms with E-state index in [0.29, 0.717) is 6.10 Å². The molecule has 1 aliphatic rings. The third-order valence-corrected chi connectivity index (χ3v) is 3.14. The van der Waals surface area contributed by atoms with Crippen LogP contribution >= 0.6 is 0 Å². The molecule has 1 aromatic rings. The molecule has 0 saturated carbocycles. The summed E-state index contributed by atoms with van der Waals surface area (Å²) < 4.78 is 11.2. The van der Waals surface area contributed by atoms with Crippen LogP contribution < -0.4 is 10.5 Å². The molecule has 1 aromatic carbocycles. The van der Waals surface area contributed by atoms with Crippen molar-refractivity contribution in [2.45, 2.75) is 38.3 Å². The second kappa shape index (κ2) is 6.03. The van der Waals surface area contributed by atoms with Crippen molar-refractivity contribution in [2.24, 2.45) is 5.73 Å². The van der Waals surface area contributed by atoms with Crippen LogP contribution in [0.25, 0.3) is 0 Å². The first-order chi connectivity index (χ1) is 8.25. The van der Waals surface area contributed by atoms with Crippen molar-refractivity contribution in [3.8, 4) is 5.75 Å². The van der Waals surface area contributed by atoms with Crippen LogP contribution in [0.15, 0.2) is 24.3 Å². The van der Waals surface area contributed by atoms with Crippen LogP contribution in [0.3, 0.4) is 0 Å². The zero-order valence-corrected chi connectivity index (χ0v) is 10.4. The van der Waals surface area contributed by atoms with Crippen LogP contribution in [-0.4, -0.2) is 19.3 Å². The molecular formula is C14H21NO2. The average molecular weight is 235 g/mol. The van der Waals surface area contributed by atoms with Crippen LogP contribution in [0.2, 0.25) is 0 Å². The Kier molecular flexibility index (Phi) is 4.40. The third kappa shape index (κ3) is 3.72. The van der Waals surface area contributed by atoms with Gasteiger partial charge in [0.25, 0.3) is 0 Å². The third-order valence-electron chi connectivity index (χ3n) is 3.14. The summed E-state index contributed by atoms with van der Waals surface area (Å²) in [7, 11) is 0. The maximum Gasteiger partial charge on any atom is 0.119 e. The summed E-state index contributed by atoms with van der Waals surface area (Å²) in [5.74, 6) is 0.910. The van der Waals surface area contributed by atoms with Gasteiger partial charge in [0, 0.05) is 19.1 Å². The first kappa shape index (κ1) is 12.4. The zero-order valence-electron chi connectivity index (χ0n) is 10.4. The quantitative estimate of drug-likeness (QED) is 0.853. The molecule has 0 aliphatic carbocycles. The molecule has 1 unspecified atom stereocenters. The van der Waals surface area contributed by atoms with E-state index in [-0.39, 0.29) is 6.04 Å². The minimum absolute atomic E-state index is 0.0796. The average Bonchev–Trinajstić information content (AvgIpc) is 2.83. The largest absolute Gasteiger partial charge is 0.493 e. The smallest absolute Gasteiger partial charge is 0.119 e. The molecule has 0 spiro atoms. The highest BCUT2D eigenvalue weighted by molar-refractivity contribution is 5.28. The Labute approximate surface area is 103 Å². The highest BCUT2D eigenvalue weighted by Crippen LogP contribution is 2.18. The van der Waals surface area contributed by atoms with E-state index in [1.807, 2.05) is 31.2 Å². The molecule has 0 aromatic heterocycles. The maximum atomic E-state index is 5.79. The fourth-order valence-corrected chi connectivity index (χ4v) is 2.05. The monoisotopic (exact) mass is 235 g/mol. The van der Waals surface area contributed by atoms with Crippen molar-refractivity contribution in [2.75, 3.05) is 13.2 Å². The lowest BCUT2D eigenvalue weighted by Crippen LogP contribution is -2.10. The molecule has 1 saturated heterocycles. The van der Waals surface area contributed by atoms with E-state index in [1.165, 1.54) is 12.8 Å². The van der Waals surface area contributed by atoms with Gasteiger partial charge >= 0.3 is 0 Å². The number of ether oxygens (including phenoxy) is 2. The fourth-order valence-electron chi connectivity index (χ4n) is 2.05. The lowest BCUT2D eigenvalue weighted by atomic mass is 10.1. The first-order valence-corrected chi connectivity index (χ1v) is 6.35. The van der Waals surface area contributed by atoms with Crippen LogP contribution in [0.4, 0.5) is 0 Å². The molecule has 1 aliphatic heterocycles. The van der Waals surface area contributed by atoms with Crippen LogP contribution in [-0.2, 0) is 4.74 Å². The number of benzene rings is 1. The van der Waals surface area contributed by atoms with E-state index in [0.717, 1.165) is 30.9 Å². The van der Waals surface area contributed by atoms with Gasteiger partial charge in [0.1, 0.15) is 5.75 Å². The highest BCUT2D eigenvalue weighted by Gasteiger charge is 2.14. The second-order valence-corrected chi connectivity index (χ2v) is 4.63. The summed E-state index contributed by atoms with van der Waals surface area (Å²) >= 11 is 0. The molecule has 0 bridgehead atoms. The summed E-state index contributed by atoms with van der Waals surface area (Å²) in [6.45, 7) is 3.61. The van der Waals surface area contributed by atoms with Crippen LogP contribution in [0.5, 0.6) is 5.75 Å². The summed E-state index contributed by atoms with van der Waals surface area (Å²) in [6, 6.07) is 8.08. The normalized spacial score (nSPS) is 21.4. The van der Waals surface area contributed by atoms with Gasteiger partial charge in [-0.2, -0.15) is 0 Å². The van der Waals surface area contributed by atoms with Gasteiger partial charge in [-0.25, -0.2) is 0 Å². The van der Waals surface area contributed by atoms with Crippen molar-refractivity contribution in [3.05, 3.63) is 29.8 Å². The van der Waals surface area contributed by atoms with Crippen molar-refractivity contribution in [1.82, 2.24) is 0 Å². The number of hydrogen-bond donors (Lipinski definition) is 1. The van der Waals surface area contributed by atoms with Crippen molar-refractivity contribution in [3.63, 3.8) is 0 Å². The molecule has 0 radical (unpaired) electrons. The molecule has 94 valence electrons. The summed E-state index contributed by atoms with van der Waals surface area (Å²) in [4.78, 5) is 0.